The van der Waals surface area contributed by atoms with Gasteiger partial charge in [-0.3, -0.25) is 4.79 Å². The van der Waals surface area contributed by atoms with Crippen molar-refractivity contribution < 1.29 is 19.2 Å². The third-order valence-electron chi connectivity index (χ3n) is 5.40. The van der Waals surface area contributed by atoms with E-state index >= 15 is 0 Å². The van der Waals surface area contributed by atoms with Gasteiger partial charge in [0.1, 0.15) is 0 Å². The summed E-state index contributed by atoms with van der Waals surface area (Å²) in [6, 6.07) is 7.34. The normalized spacial score (nSPS) is 29.4. The van der Waals surface area contributed by atoms with E-state index in [4.69, 9.17) is 9.31 Å². The van der Waals surface area contributed by atoms with E-state index in [9.17, 15) is 9.90 Å². The first-order valence-corrected chi connectivity index (χ1v) is 8.01. The second-order valence-corrected chi connectivity index (χ2v) is 7.55. The number of nitrogens with zero attached hydrogens (tertiary/aromatic N) is 1. The molecule has 0 spiro atoms. The van der Waals surface area contributed by atoms with E-state index in [-0.39, 0.29) is 5.91 Å². The molecule has 0 radical (unpaired) electrons. The van der Waals surface area contributed by atoms with Crippen LogP contribution in [0.25, 0.3) is 0 Å². The zero-order chi connectivity index (χ0) is 17.0. The standard InChI is InChI=1S/C17H24BNO4/c1-15(2)16(3,4)23-18(22-15)13-8-6-7-12(11-13)17(21)9-10-19(5)14(17)20/h6-8,11,21H,9-10H2,1-5H3/t17-/m0/s1. The van der Waals surface area contributed by atoms with Crippen molar-refractivity contribution in [3.8, 4) is 0 Å². The summed E-state index contributed by atoms with van der Waals surface area (Å²) in [5, 5.41) is 10.8. The van der Waals surface area contributed by atoms with Crippen LogP contribution in [0.15, 0.2) is 24.3 Å². The highest BCUT2D eigenvalue weighted by atomic mass is 16.7. The summed E-state index contributed by atoms with van der Waals surface area (Å²) in [7, 11) is 1.20. The Balaban J connectivity index is 1.92. The summed E-state index contributed by atoms with van der Waals surface area (Å²) in [5.74, 6) is -0.261. The number of aliphatic hydroxyl groups is 1. The molecule has 0 unspecified atom stereocenters. The lowest BCUT2D eigenvalue weighted by Crippen LogP contribution is -2.41. The summed E-state index contributed by atoms with van der Waals surface area (Å²) in [4.78, 5) is 13.8. The second kappa shape index (κ2) is 5.06. The van der Waals surface area contributed by atoms with Crippen LogP contribution in [0.5, 0.6) is 0 Å². The molecule has 1 atom stereocenters. The fraction of sp³-hybridized carbons (Fsp3) is 0.588. The van der Waals surface area contributed by atoms with Gasteiger partial charge in [-0.1, -0.05) is 24.3 Å². The first-order chi connectivity index (χ1) is 10.6. The minimum Gasteiger partial charge on any atom is -0.399 e. The highest BCUT2D eigenvalue weighted by Crippen LogP contribution is 2.37. The number of likely N-dealkylation sites (N-methyl/N-ethyl adjacent to an activating group) is 1. The largest absolute Gasteiger partial charge is 0.494 e. The van der Waals surface area contributed by atoms with Crippen molar-refractivity contribution in [2.24, 2.45) is 0 Å². The molecule has 3 rings (SSSR count). The van der Waals surface area contributed by atoms with Gasteiger partial charge >= 0.3 is 7.12 Å². The third-order valence-corrected chi connectivity index (χ3v) is 5.40. The Kier molecular flexibility index (Phi) is 3.63. The fourth-order valence-corrected chi connectivity index (χ4v) is 3.04. The zero-order valence-electron chi connectivity index (χ0n) is 14.4. The number of hydrogen-bond acceptors (Lipinski definition) is 4. The molecule has 2 heterocycles. The van der Waals surface area contributed by atoms with Gasteiger partial charge in [-0.05, 0) is 38.7 Å². The molecule has 1 amide bonds. The summed E-state index contributed by atoms with van der Waals surface area (Å²) in [6.07, 6.45) is 0.398. The van der Waals surface area contributed by atoms with Crippen LogP contribution in [0.1, 0.15) is 39.7 Å². The maximum Gasteiger partial charge on any atom is 0.494 e. The zero-order valence-corrected chi connectivity index (χ0v) is 14.4. The van der Waals surface area contributed by atoms with Crippen molar-refractivity contribution in [1.82, 2.24) is 4.90 Å². The van der Waals surface area contributed by atoms with E-state index < -0.39 is 23.9 Å². The van der Waals surface area contributed by atoms with Crippen LogP contribution in [0.4, 0.5) is 0 Å². The van der Waals surface area contributed by atoms with Crippen molar-refractivity contribution >= 4 is 18.5 Å². The fourth-order valence-electron chi connectivity index (χ4n) is 3.04. The first kappa shape index (κ1) is 16.5. The SMILES string of the molecule is CN1CC[C@](O)(c2cccc(B3OC(C)(C)C(C)(C)O3)c2)C1=O. The predicted octanol–water partition coefficient (Wildman–Crippen LogP) is 1.04. The van der Waals surface area contributed by atoms with Gasteiger partial charge in [-0.2, -0.15) is 0 Å². The molecular weight excluding hydrogens is 293 g/mol. The van der Waals surface area contributed by atoms with Gasteiger partial charge in [0.2, 0.25) is 0 Å². The number of benzene rings is 1. The average Bonchev–Trinajstić information content (AvgIpc) is 2.87. The van der Waals surface area contributed by atoms with Crippen molar-refractivity contribution in [3.05, 3.63) is 29.8 Å². The van der Waals surface area contributed by atoms with Crippen LogP contribution in [-0.4, -0.2) is 47.8 Å². The van der Waals surface area contributed by atoms with Gasteiger partial charge in [0.25, 0.3) is 5.91 Å². The van der Waals surface area contributed by atoms with E-state index in [2.05, 4.69) is 0 Å². The number of rotatable bonds is 2. The molecule has 1 N–H and O–H groups in total. The van der Waals surface area contributed by atoms with E-state index in [1.165, 1.54) is 0 Å². The van der Waals surface area contributed by atoms with E-state index in [0.717, 1.165) is 5.46 Å². The van der Waals surface area contributed by atoms with E-state index in [1.807, 2.05) is 45.9 Å². The molecule has 0 aliphatic carbocycles. The van der Waals surface area contributed by atoms with Gasteiger partial charge in [0.15, 0.2) is 5.60 Å². The highest BCUT2D eigenvalue weighted by molar-refractivity contribution is 6.62. The number of carbonyl (C=O) groups excluding carboxylic acids is 1. The Morgan fingerprint density at radius 1 is 1.17 bits per heavy atom. The summed E-state index contributed by atoms with van der Waals surface area (Å²) >= 11 is 0. The molecule has 5 nitrogen and oxygen atoms in total. The maximum atomic E-state index is 12.3. The van der Waals surface area contributed by atoms with Crippen LogP contribution >= 0.6 is 0 Å². The monoisotopic (exact) mass is 317 g/mol. The van der Waals surface area contributed by atoms with E-state index in [0.29, 0.717) is 18.5 Å². The quantitative estimate of drug-likeness (QED) is 0.828. The Morgan fingerprint density at radius 3 is 2.30 bits per heavy atom. The van der Waals surface area contributed by atoms with Crippen LogP contribution in [-0.2, 0) is 19.7 Å². The molecule has 1 aromatic carbocycles. The molecule has 2 fully saturated rings. The molecule has 0 bridgehead atoms. The van der Waals surface area contributed by atoms with Gasteiger partial charge in [-0.15, -0.1) is 0 Å². The van der Waals surface area contributed by atoms with Crippen LogP contribution in [0, 0.1) is 0 Å². The molecule has 124 valence electrons. The molecule has 0 aromatic heterocycles. The van der Waals surface area contributed by atoms with Gasteiger partial charge in [-0.25, -0.2) is 0 Å². The molecule has 2 aliphatic rings. The molecule has 2 aliphatic heterocycles. The molecule has 1 aromatic rings. The highest BCUT2D eigenvalue weighted by Gasteiger charge is 2.52. The lowest BCUT2D eigenvalue weighted by Gasteiger charge is -2.32. The third kappa shape index (κ3) is 2.49. The van der Waals surface area contributed by atoms with Crippen molar-refractivity contribution in [2.45, 2.75) is 50.9 Å². The maximum absolute atomic E-state index is 12.3. The van der Waals surface area contributed by atoms with Crippen molar-refractivity contribution in [3.63, 3.8) is 0 Å². The summed E-state index contributed by atoms with van der Waals surface area (Å²) < 4.78 is 12.1. The number of carbonyl (C=O) groups is 1. The Hall–Kier alpha value is -1.37. The second-order valence-electron chi connectivity index (χ2n) is 7.55. The van der Waals surface area contributed by atoms with E-state index in [1.54, 1.807) is 18.0 Å². The lowest BCUT2D eigenvalue weighted by atomic mass is 9.76. The lowest BCUT2D eigenvalue weighted by molar-refractivity contribution is -0.143. The number of hydrogen-bond donors (Lipinski definition) is 1. The first-order valence-electron chi connectivity index (χ1n) is 8.01. The van der Waals surface area contributed by atoms with Crippen LogP contribution in [0.2, 0.25) is 0 Å². The molecule has 23 heavy (non-hydrogen) atoms. The van der Waals surface area contributed by atoms with Gasteiger partial charge in [0.05, 0.1) is 11.2 Å². The topological polar surface area (TPSA) is 59.0 Å². The van der Waals surface area contributed by atoms with Crippen LogP contribution < -0.4 is 5.46 Å². The summed E-state index contributed by atoms with van der Waals surface area (Å²) in [5.41, 5.74) is -0.882. The molecular formula is C17H24BNO4. The van der Waals surface area contributed by atoms with Crippen LogP contribution in [0.3, 0.4) is 0 Å². The van der Waals surface area contributed by atoms with Gasteiger partial charge < -0.3 is 19.3 Å². The molecule has 0 saturated carbocycles. The van der Waals surface area contributed by atoms with Gasteiger partial charge in [0, 0.05) is 20.0 Å². The number of likely N-dealkylation sites (tertiary alicyclic amines) is 1. The average molecular weight is 317 g/mol. The smallest absolute Gasteiger partial charge is 0.399 e. The molecule has 6 heteroatoms. The Morgan fingerprint density at radius 2 is 1.78 bits per heavy atom. The van der Waals surface area contributed by atoms with Crippen molar-refractivity contribution in [1.29, 1.82) is 0 Å². The minimum absolute atomic E-state index is 0.261. The Labute approximate surface area is 137 Å². The Bertz CT molecular complexity index is 629. The number of amides is 1. The molecule has 2 saturated heterocycles. The minimum atomic E-state index is -1.45. The summed E-state index contributed by atoms with van der Waals surface area (Å²) in [6.45, 7) is 8.55. The van der Waals surface area contributed by atoms with Crippen molar-refractivity contribution in [2.75, 3.05) is 13.6 Å². The predicted molar refractivity (Wildman–Crippen MR) is 88.3 cm³/mol.